The smallest absolute Gasteiger partial charge is 0.416 e. The Morgan fingerprint density at radius 3 is 2.36 bits per heavy atom. The molecule has 1 aliphatic heterocycles. The first-order valence-electron chi connectivity index (χ1n) is 6.22. The van der Waals surface area contributed by atoms with Crippen LogP contribution in [0.1, 0.15) is 15.9 Å². The minimum absolute atomic E-state index is 0.0191. The van der Waals surface area contributed by atoms with Crippen LogP contribution in [-0.2, 0) is 6.18 Å². The van der Waals surface area contributed by atoms with Crippen LogP contribution in [0.5, 0.6) is 17.2 Å². The molecule has 0 saturated carbocycles. The molecule has 2 aromatic rings. The molecular weight excluding hydrogens is 301 g/mol. The molecule has 1 aliphatic rings. The number of carbonyl (C=O) groups excluding carboxylic acids is 1. The number of halogens is 3. The van der Waals surface area contributed by atoms with Gasteiger partial charge in [0.2, 0.25) is 6.79 Å². The van der Waals surface area contributed by atoms with E-state index in [0.717, 1.165) is 24.3 Å². The van der Waals surface area contributed by atoms with Crippen LogP contribution in [0, 0.1) is 0 Å². The quantitative estimate of drug-likeness (QED) is 0.627. The zero-order valence-electron chi connectivity index (χ0n) is 11.0. The van der Waals surface area contributed by atoms with Crippen LogP contribution in [0.25, 0.3) is 0 Å². The molecule has 2 aromatic carbocycles. The predicted molar refractivity (Wildman–Crippen MR) is 69.0 cm³/mol. The summed E-state index contributed by atoms with van der Waals surface area (Å²) in [5.74, 6) is 0.439. The molecule has 0 saturated heterocycles. The summed E-state index contributed by atoms with van der Waals surface area (Å²) in [5, 5.41) is 0. The lowest BCUT2D eigenvalue weighted by Gasteiger charge is -2.08. The molecular formula is C15H9F3O4. The zero-order valence-corrected chi connectivity index (χ0v) is 11.0. The second-order valence-corrected chi connectivity index (χ2v) is 4.48. The predicted octanol–water partition coefficient (Wildman–Crippen LogP) is 3.65. The van der Waals surface area contributed by atoms with Gasteiger partial charge in [-0.15, -0.1) is 0 Å². The maximum Gasteiger partial charge on any atom is 0.416 e. The first-order valence-corrected chi connectivity index (χ1v) is 6.22. The van der Waals surface area contributed by atoms with Gasteiger partial charge in [0.15, 0.2) is 11.5 Å². The molecule has 0 radical (unpaired) electrons. The summed E-state index contributed by atoms with van der Waals surface area (Å²) >= 11 is 0. The van der Waals surface area contributed by atoms with Crippen LogP contribution in [0.3, 0.4) is 0 Å². The van der Waals surface area contributed by atoms with E-state index in [1.54, 1.807) is 6.07 Å². The number of carbonyl (C=O) groups is 1. The van der Waals surface area contributed by atoms with E-state index in [1.165, 1.54) is 12.1 Å². The van der Waals surface area contributed by atoms with Crippen molar-refractivity contribution in [3.05, 3.63) is 53.6 Å². The van der Waals surface area contributed by atoms with E-state index in [0.29, 0.717) is 11.5 Å². The molecule has 0 amide bonds. The van der Waals surface area contributed by atoms with E-state index in [4.69, 9.17) is 14.2 Å². The molecule has 0 bridgehead atoms. The molecule has 1 heterocycles. The number of alkyl halides is 3. The van der Waals surface area contributed by atoms with E-state index in [1.807, 2.05) is 0 Å². The third kappa shape index (κ3) is 2.83. The van der Waals surface area contributed by atoms with Crippen LogP contribution < -0.4 is 14.2 Å². The van der Waals surface area contributed by atoms with Gasteiger partial charge >= 0.3 is 12.1 Å². The van der Waals surface area contributed by atoms with Crippen molar-refractivity contribution in [2.45, 2.75) is 6.18 Å². The van der Waals surface area contributed by atoms with Gasteiger partial charge in [-0.05, 0) is 36.4 Å². The van der Waals surface area contributed by atoms with Crippen LogP contribution in [0.4, 0.5) is 13.2 Å². The molecule has 0 unspecified atom stereocenters. The Hall–Kier alpha value is -2.70. The van der Waals surface area contributed by atoms with Gasteiger partial charge in [-0.3, -0.25) is 0 Å². The number of benzene rings is 2. The number of esters is 1. The minimum atomic E-state index is -4.44. The average Bonchev–Trinajstić information content (AvgIpc) is 2.94. The fraction of sp³-hybridized carbons (Fsp3) is 0.133. The summed E-state index contributed by atoms with van der Waals surface area (Å²) in [5.41, 5.74) is -0.808. The maximum absolute atomic E-state index is 12.5. The summed E-state index contributed by atoms with van der Waals surface area (Å²) in [6.07, 6.45) is -4.44. The average molecular weight is 310 g/mol. The van der Waals surface area contributed by atoms with Crippen molar-refractivity contribution in [1.29, 1.82) is 0 Å². The molecule has 0 aromatic heterocycles. The van der Waals surface area contributed by atoms with E-state index in [-0.39, 0.29) is 18.1 Å². The van der Waals surface area contributed by atoms with Crippen molar-refractivity contribution in [2.75, 3.05) is 6.79 Å². The highest BCUT2D eigenvalue weighted by molar-refractivity contribution is 5.91. The van der Waals surface area contributed by atoms with Crippen molar-refractivity contribution in [1.82, 2.24) is 0 Å². The maximum atomic E-state index is 12.5. The van der Waals surface area contributed by atoms with Crippen molar-refractivity contribution in [3.63, 3.8) is 0 Å². The van der Waals surface area contributed by atoms with Gasteiger partial charge in [0.25, 0.3) is 0 Å². The molecule has 22 heavy (non-hydrogen) atoms. The molecule has 4 nitrogen and oxygen atoms in total. The Balaban J connectivity index is 1.74. The molecule has 0 fully saturated rings. The summed E-state index contributed by atoms with van der Waals surface area (Å²) in [6, 6.07) is 8.36. The molecule has 3 rings (SSSR count). The highest BCUT2D eigenvalue weighted by atomic mass is 19.4. The number of fused-ring (bicyclic) bond motifs is 1. The highest BCUT2D eigenvalue weighted by Gasteiger charge is 2.30. The van der Waals surface area contributed by atoms with Gasteiger partial charge in [0, 0.05) is 6.07 Å². The van der Waals surface area contributed by atoms with E-state index in [9.17, 15) is 18.0 Å². The van der Waals surface area contributed by atoms with Crippen LogP contribution in [0.15, 0.2) is 42.5 Å². The van der Waals surface area contributed by atoms with Crippen molar-refractivity contribution in [3.8, 4) is 17.2 Å². The number of hydrogen-bond acceptors (Lipinski definition) is 4. The van der Waals surface area contributed by atoms with Crippen LogP contribution in [-0.4, -0.2) is 12.8 Å². The Labute approximate surface area is 123 Å². The number of rotatable bonds is 2. The summed E-state index contributed by atoms with van der Waals surface area (Å²) in [6.45, 7) is 0.0889. The van der Waals surface area contributed by atoms with Crippen molar-refractivity contribution < 1.29 is 32.2 Å². The lowest BCUT2D eigenvalue weighted by Crippen LogP contribution is -2.10. The Morgan fingerprint density at radius 1 is 1.00 bits per heavy atom. The number of ether oxygens (including phenoxy) is 3. The topological polar surface area (TPSA) is 44.8 Å². The van der Waals surface area contributed by atoms with Gasteiger partial charge in [0.1, 0.15) is 5.75 Å². The standard InChI is InChI=1S/C15H9F3O4/c16-15(17,18)10-3-1-9(2-4-10)14(19)22-11-5-6-12-13(7-11)21-8-20-12/h1-7H,8H2. The lowest BCUT2D eigenvalue weighted by atomic mass is 10.1. The second kappa shape index (κ2) is 5.25. The first kappa shape index (κ1) is 14.2. The SMILES string of the molecule is O=C(Oc1ccc2c(c1)OCO2)c1ccc(C(F)(F)F)cc1. The van der Waals surface area contributed by atoms with Gasteiger partial charge < -0.3 is 14.2 Å². The van der Waals surface area contributed by atoms with Crippen LogP contribution >= 0.6 is 0 Å². The monoisotopic (exact) mass is 310 g/mol. The summed E-state index contributed by atoms with van der Waals surface area (Å²) < 4.78 is 52.7. The Kier molecular flexibility index (Phi) is 3.40. The van der Waals surface area contributed by atoms with Gasteiger partial charge in [0.05, 0.1) is 11.1 Å². The fourth-order valence-corrected chi connectivity index (χ4v) is 1.90. The third-order valence-corrected chi connectivity index (χ3v) is 3.00. The van der Waals surface area contributed by atoms with E-state index < -0.39 is 17.7 Å². The van der Waals surface area contributed by atoms with E-state index in [2.05, 4.69) is 0 Å². The van der Waals surface area contributed by atoms with Crippen LogP contribution in [0.2, 0.25) is 0 Å². The second-order valence-electron chi connectivity index (χ2n) is 4.48. The van der Waals surface area contributed by atoms with Crippen molar-refractivity contribution in [2.24, 2.45) is 0 Å². The molecule has 114 valence electrons. The Morgan fingerprint density at radius 2 is 1.68 bits per heavy atom. The third-order valence-electron chi connectivity index (χ3n) is 3.00. The molecule has 0 aliphatic carbocycles. The van der Waals surface area contributed by atoms with E-state index >= 15 is 0 Å². The molecule has 7 heteroatoms. The fourth-order valence-electron chi connectivity index (χ4n) is 1.90. The van der Waals surface area contributed by atoms with Crippen molar-refractivity contribution >= 4 is 5.97 Å². The van der Waals surface area contributed by atoms with Gasteiger partial charge in [-0.2, -0.15) is 13.2 Å². The first-order chi connectivity index (χ1) is 10.4. The van der Waals surface area contributed by atoms with Gasteiger partial charge in [-0.25, -0.2) is 4.79 Å². The normalized spacial score (nSPS) is 13.0. The summed E-state index contributed by atoms with van der Waals surface area (Å²) in [4.78, 5) is 11.9. The molecule has 0 spiro atoms. The number of hydrogen-bond donors (Lipinski definition) is 0. The molecule has 0 atom stereocenters. The minimum Gasteiger partial charge on any atom is -0.454 e. The lowest BCUT2D eigenvalue weighted by molar-refractivity contribution is -0.137. The molecule has 0 N–H and O–H groups in total. The largest absolute Gasteiger partial charge is 0.454 e. The highest BCUT2D eigenvalue weighted by Crippen LogP contribution is 2.35. The zero-order chi connectivity index (χ0) is 15.7. The summed E-state index contributed by atoms with van der Waals surface area (Å²) in [7, 11) is 0. The van der Waals surface area contributed by atoms with Gasteiger partial charge in [-0.1, -0.05) is 0 Å². The Bertz CT molecular complexity index is 708.